The predicted molar refractivity (Wildman–Crippen MR) is 75.4 cm³/mol. The number of nitrogen functional groups attached to an aromatic ring is 1. The highest BCUT2D eigenvalue weighted by Gasteiger charge is 2.31. The van der Waals surface area contributed by atoms with Crippen LogP contribution in [0.15, 0.2) is 23.2 Å². The van der Waals surface area contributed by atoms with E-state index in [2.05, 4.69) is 15.1 Å². The van der Waals surface area contributed by atoms with Crippen LogP contribution in [0.3, 0.4) is 0 Å². The number of rotatable bonds is 4. The standard InChI is InChI=1S/C12H20N4O3S/c1-12(2)7-9(5-6-19-12)16-20(17,18)10-3-4-11(15-13)14-8-10/h3-4,8-9,16H,5-7,13H2,1-2H3,(H,14,15). The highest BCUT2D eigenvalue weighted by Crippen LogP contribution is 2.25. The lowest BCUT2D eigenvalue weighted by Gasteiger charge is -2.35. The fraction of sp³-hybridized carbons (Fsp3) is 0.583. The van der Waals surface area contributed by atoms with Gasteiger partial charge in [0.1, 0.15) is 10.7 Å². The molecule has 1 atom stereocenters. The van der Waals surface area contributed by atoms with Crippen molar-refractivity contribution in [1.29, 1.82) is 0 Å². The second-order valence-electron chi connectivity index (χ2n) is 5.44. The molecule has 1 unspecified atom stereocenters. The summed E-state index contributed by atoms with van der Waals surface area (Å²) in [6, 6.07) is 2.85. The molecular weight excluding hydrogens is 280 g/mol. The van der Waals surface area contributed by atoms with E-state index < -0.39 is 10.0 Å². The zero-order chi connectivity index (χ0) is 14.8. The second kappa shape index (κ2) is 5.65. The van der Waals surface area contributed by atoms with E-state index >= 15 is 0 Å². The van der Waals surface area contributed by atoms with Gasteiger partial charge >= 0.3 is 0 Å². The van der Waals surface area contributed by atoms with E-state index in [4.69, 9.17) is 10.6 Å². The van der Waals surface area contributed by atoms with Crippen molar-refractivity contribution < 1.29 is 13.2 Å². The van der Waals surface area contributed by atoms with Crippen LogP contribution in [0.5, 0.6) is 0 Å². The van der Waals surface area contributed by atoms with Gasteiger partial charge in [-0.2, -0.15) is 0 Å². The van der Waals surface area contributed by atoms with E-state index in [9.17, 15) is 8.42 Å². The minimum Gasteiger partial charge on any atom is -0.375 e. The van der Waals surface area contributed by atoms with Crippen molar-refractivity contribution in [3.05, 3.63) is 18.3 Å². The van der Waals surface area contributed by atoms with E-state index in [-0.39, 0.29) is 16.5 Å². The minimum absolute atomic E-state index is 0.126. The van der Waals surface area contributed by atoms with Crippen molar-refractivity contribution >= 4 is 15.8 Å². The normalized spacial score (nSPS) is 22.4. The summed E-state index contributed by atoms with van der Waals surface area (Å²) in [7, 11) is -3.57. The van der Waals surface area contributed by atoms with Crippen molar-refractivity contribution in [3.63, 3.8) is 0 Å². The molecule has 2 heterocycles. The summed E-state index contributed by atoms with van der Waals surface area (Å²) in [5.74, 6) is 5.61. The third kappa shape index (κ3) is 3.66. The van der Waals surface area contributed by atoms with Crippen LogP contribution >= 0.6 is 0 Å². The number of hydrazine groups is 1. The van der Waals surface area contributed by atoms with Gasteiger partial charge in [0.15, 0.2) is 0 Å². The molecule has 0 aliphatic carbocycles. The van der Waals surface area contributed by atoms with Crippen molar-refractivity contribution in [2.75, 3.05) is 12.0 Å². The summed E-state index contributed by atoms with van der Waals surface area (Å²) in [6.45, 7) is 4.46. The molecule has 0 spiro atoms. The Balaban J connectivity index is 2.10. The van der Waals surface area contributed by atoms with Gasteiger partial charge in [0.05, 0.1) is 5.60 Å². The number of ether oxygens (including phenoxy) is 1. The van der Waals surface area contributed by atoms with Crippen molar-refractivity contribution in [3.8, 4) is 0 Å². The number of sulfonamides is 1. The van der Waals surface area contributed by atoms with E-state index in [1.165, 1.54) is 18.3 Å². The van der Waals surface area contributed by atoms with Gasteiger partial charge < -0.3 is 10.2 Å². The zero-order valence-electron chi connectivity index (χ0n) is 11.6. The molecule has 4 N–H and O–H groups in total. The fourth-order valence-electron chi connectivity index (χ4n) is 2.24. The fourth-order valence-corrected chi connectivity index (χ4v) is 3.46. The summed E-state index contributed by atoms with van der Waals surface area (Å²) >= 11 is 0. The molecule has 1 aliphatic heterocycles. The first-order valence-electron chi connectivity index (χ1n) is 6.41. The van der Waals surface area contributed by atoms with Gasteiger partial charge in [0.2, 0.25) is 10.0 Å². The smallest absolute Gasteiger partial charge is 0.242 e. The maximum Gasteiger partial charge on any atom is 0.242 e. The average Bonchev–Trinajstić information content (AvgIpc) is 2.37. The first kappa shape index (κ1) is 15.2. The quantitative estimate of drug-likeness (QED) is 0.555. The van der Waals surface area contributed by atoms with Crippen LogP contribution in [0.2, 0.25) is 0 Å². The lowest BCUT2D eigenvalue weighted by molar-refractivity contribution is -0.0599. The monoisotopic (exact) mass is 300 g/mol. The van der Waals surface area contributed by atoms with Gasteiger partial charge in [-0.3, -0.25) is 0 Å². The zero-order valence-corrected chi connectivity index (χ0v) is 12.4. The molecule has 1 saturated heterocycles. The molecule has 0 aromatic carbocycles. The first-order valence-corrected chi connectivity index (χ1v) is 7.90. The van der Waals surface area contributed by atoms with Gasteiger partial charge in [0, 0.05) is 18.8 Å². The molecule has 0 radical (unpaired) electrons. The van der Waals surface area contributed by atoms with Gasteiger partial charge in [-0.15, -0.1) is 0 Å². The molecule has 1 fully saturated rings. The largest absolute Gasteiger partial charge is 0.375 e. The van der Waals surface area contributed by atoms with E-state index in [1.807, 2.05) is 13.8 Å². The molecule has 8 heteroatoms. The molecule has 112 valence electrons. The lowest BCUT2D eigenvalue weighted by atomic mass is 9.95. The second-order valence-corrected chi connectivity index (χ2v) is 7.16. The molecular formula is C12H20N4O3S. The third-order valence-corrected chi connectivity index (χ3v) is 4.72. The molecule has 0 amide bonds. The Morgan fingerprint density at radius 2 is 2.20 bits per heavy atom. The number of nitrogens with one attached hydrogen (secondary N) is 2. The highest BCUT2D eigenvalue weighted by molar-refractivity contribution is 7.89. The Morgan fingerprint density at radius 3 is 2.75 bits per heavy atom. The molecule has 7 nitrogen and oxygen atoms in total. The Hall–Kier alpha value is -1.22. The SMILES string of the molecule is CC1(C)CC(NS(=O)(=O)c2ccc(NN)nc2)CCO1. The average molecular weight is 300 g/mol. The van der Waals surface area contributed by atoms with Crippen molar-refractivity contribution in [2.45, 2.75) is 43.2 Å². The Kier molecular flexibility index (Phi) is 4.28. The third-order valence-electron chi connectivity index (χ3n) is 3.21. The van der Waals surface area contributed by atoms with Gasteiger partial charge in [-0.05, 0) is 38.8 Å². The first-order chi connectivity index (χ1) is 9.32. The topological polar surface area (TPSA) is 106 Å². The summed E-state index contributed by atoms with van der Waals surface area (Å²) in [6.07, 6.45) is 2.59. The van der Waals surface area contributed by atoms with Crippen LogP contribution in [0, 0.1) is 0 Å². The Morgan fingerprint density at radius 1 is 1.45 bits per heavy atom. The van der Waals surface area contributed by atoms with Crippen molar-refractivity contribution in [1.82, 2.24) is 9.71 Å². The molecule has 1 aromatic heterocycles. The van der Waals surface area contributed by atoms with Crippen LogP contribution < -0.4 is 16.0 Å². The van der Waals surface area contributed by atoms with Crippen LogP contribution in [0.4, 0.5) is 5.82 Å². The van der Waals surface area contributed by atoms with Crippen LogP contribution in [0.1, 0.15) is 26.7 Å². The summed E-state index contributed by atoms with van der Waals surface area (Å²) < 4.78 is 32.8. The summed E-state index contributed by atoms with van der Waals surface area (Å²) in [5, 5.41) is 0. The number of hydrogen-bond donors (Lipinski definition) is 3. The molecule has 1 aliphatic rings. The maximum atomic E-state index is 12.3. The van der Waals surface area contributed by atoms with Crippen LogP contribution in [-0.2, 0) is 14.8 Å². The van der Waals surface area contributed by atoms with Crippen molar-refractivity contribution in [2.24, 2.45) is 5.84 Å². The number of aromatic nitrogens is 1. The maximum absolute atomic E-state index is 12.3. The number of nitrogens with two attached hydrogens (primary N) is 1. The Labute approximate surface area is 118 Å². The predicted octanol–water partition coefficient (Wildman–Crippen LogP) is 0.603. The summed E-state index contributed by atoms with van der Waals surface area (Å²) in [4.78, 5) is 4.03. The van der Waals surface area contributed by atoms with Gasteiger partial charge in [-0.1, -0.05) is 0 Å². The number of anilines is 1. The minimum atomic E-state index is -3.57. The molecule has 1 aromatic rings. The molecule has 20 heavy (non-hydrogen) atoms. The lowest BCUT2D eigenvalue weighted by Crippen LogP contribution is -2.45. The molecule has 0 saturated carbocycles. The van der Waals surface area contributed by atoms with Crippen LogP contribution in [0.25, 0.3) is 0 Å². The van der Waals surface area contributed by atoms with Gasteiger partial charge in [-0.25, -0.2) is 24.0 Å². The number of nitrogens with zero attached hydrogens (tertiary/aromatic N) is 1. The molecule has 2 rings (SSSR count). The Bertz CT molecular complexity index is 557. The summed E-state index contributed by atoms with van der Waals surface area (Å²) in [5.41, 5.74) is 2.05. The number of hydrogen-bond acceptors (Lipinski definition) is 6. The number of pyridine rings is 1. The molecule has 0 bridgehead atoms. The van der Waals surface area contributed by atoms with Gasteiger partial charge in [0.25, 0.3) is 0 Å². The van der Waals surface area contributed by atoms with E-state index in [1.54, 1.807) is 0 Å². The van der Waals surface area contributed by atoms with E-state index in [0.717, 1.165) is 0 Å². The van der Waals surface area contributed by atoms with E-state index in [0.29, 0.717) is 25.3 Å². The highest BCUT2D eigenvalue weighted by atomic mass is 32.2. The van der Waals surface area contributed by atoms with Crippen LogP contribution in [-0.4, -0.2) is 31.7 Å².